The molecule has 3 heterocycles. The molecule has 3 N–H and O–H groups in total. The molecule has 0 saturated carbocycles. The van der Waals surface area contributed by atoms with E-state index in [9.17, 15) is 23.1 Å². The lowest BCUT2D eigenvalue weighted by Gasteiger charge is -2.26. The van der Waals surface area contributed by atoms with Crippen molar-refractivity contribution in [2.45, 2.75) is 19.8 Å². The van der Waals surface area contributed by atoms with Gasteiger partial charge < -0.3 is 25.1 Å². The summed E-state index contributed by atoms with van der Waals surface area (Å²) in [6.45, 7) is 3.54. The first-order valence-electron chi connectivity index (χ1n) is 14.4. The topological polar surface area (TPSA) is 141 Å². The summed E-state index contributed by atoms with van der Waals surface area (Å²) in [6, 6.07) is 13.9. The Kier molecular flexibility index (Phi) is 9.93. The average Bonchev–Trinajstić information content (AvgIpc) is 3.45. The number of nitrogens with one attached hydrogen (secondary N) is 2. The van der Waals surface area contributed by atoms with Gasteiger partial charge in [0, 0.05) is 47.2 Å². The Labute approximate surface area is 267 Å². The first kappa shape index (κ1) is 31.8. The zero-order chi connectivity index (χ0) is 32.0. The molecule has 2 amide bonds. The van der Waals surface area contributed by atoms with Gasteiger partial charge in [-0.15, -0.1) is 0 Å². The van der Waals surface area contributed by atoms with Crippen LogP contribution < -0.4 is 10.6 Å². The van der Waals surface area contributed by atoms with Crippen molar-refractivity contribution in [3.8, 4) is 17.6 Å². The molecule has 2 aromatic carbocycles. The number of benzene rings is 2. The fraction of sp³-hybridized carbons (Fsp3) is 0.273. The van der Waals surface area contributed by atoms with Gasteiger partial charge in [0.05, 0.1) is 34.9 Å². The molecule has 12 heteroatoms. The first-order chi connectivity index (χ1) is 21.6. The molecule has 2 aliphatic heterocycles. The van der Waals surface area contributed by atoms with Crippen LogP contribution in [-0.4, -0.2) is 72.5 Å². The molecule has 3 aromatic rings. The van der Waals surface area contributed by atoms with E-state index in [-0.39, 0.29) is 40.2 Å². The van der Waals surface area contributed by atoms with Gasteiger partial charge in [-0.3, -0.25) is 14.6 Å². The summed E-state index contributed by atoms with van der Waals surface area (Å²) in [5.74, 6) is 5.18. The quantitative estimate of drug-likeness (QED) is 0.189. The van der Waals surface area contributed by atoms with E-state index in [1.807, 2.05) is 0 Å². The molecule has 0 spiro atoms. The van der Waals surface area contributed by atoms with Crippen LogP contribution in [-0.2, 0) is 21.1 Å². The zero-order valence-electron chi connectivity index (χ0n) is 24.6. The third kappa shape index (κ3) is 8.13. The number of carbonyl (C=O) groups excluding carboxylic acids is 2. The van der Waals surface area contributed by atoms with Crippen molar-refractivity contribution in [3.63, 3.8) is 0 Å². The van der Waals surface area contributed by atoms with Crippen LogP contribution in [0.15, 0.2) is 76.0 Å². The molecule has 0 aliphatic carbocycles. The van der Waals surface area contributed by atoms with Gasteiger partial charge in [0.2, 0.25) is 0 Å². The van der Waals surface area contributed by atoms with Crippen LogP contribution in [0.2, 0.25) is 0 Å². The number of rotatable bonds is 8. The number of thiocarbonyl (C=S) groups is 1. The minimum absolute atomic E-state index is 0.0246. The number of hydrogen-bond donors (Lipinski definition) is 3. The standard InChI is InChI=1S/C33H32N4O6S2/c1-22-12-16-43-30(22)33(40)35-26-8-2-5-23(19-26)10-11-25-20-34-21-27(31(25)44)32(39)36-28-9-3-6-24(29(28)38)7-4-13-37-14-17-45(41,42)18-15-37/h2-3,5-6,8-9,12,16,19-21,25,38H,4,7,13-15,17-18H2,1H3,(H,35,40)(H,36,39)/t25-/m0/s1. The van der Waals surface area contributed by atoms with E-state index in [1.54, 1.807) is 61.7 Å². The molecular formula is C33H32N4O6S2. The second-order valence-corrected chi connectivity index (χ2v) is 13.5. The molecular weight excluding hydrogens is 613 g/mol. The van der Waals surface area contributed by atoms with Crippen molar-refractivity contribution in [3.05, 3.63) is 89.0 Å². The van der Waals surface area contributed by atoms with Crippen molar-refractivity contribution in [2.24, 2.45) is 10.9 Å². The maximum absolute atomic E-state index is 13.2. The van der Waals surface area contributed by atoms with Gasteiger partial charge in [0.1, 0.15) is 5.75 Å². The minimum atomic E-state index is -2.93. The predicted octanol–water partition coefficient (Wildman–Crippen LogP) is 4.15. The summed E-state index contributed by atoms with van der Waals surface area (Å²) < 4.78 is 28.6. The summed E-state index contributed by atoms with van der Waals surface area (Å²) in [4.78, 5) is 32.3. The number of phenols is 1. The molecule has 2 aliphatic rings. The Morgan fingerprint density at radius 3 is 2.64 bits per heavy atom. The predicted molar refractivity (Wildman–Crippen MR) is 178 cm³/mol. The molecule has 1 aromatic heterocycles. The molecule has 1 saturated heterocycles. The van der Waals surface area contributed by atoms with E-state index < -0.39 is 21.7 Å². The van der Waals surface area contributed by atoms with Crippen LogP contribution >= 0.6 is 12.2 Å². The maximum atomic E-state index is 13.2. The van der Waals surface area contributed by atoms with Crippen LogP contribution in [0.4, 0.5) is 11.4 Å². The Balaban J connectivity index is 1.18. The normalized spacial score (nSPS) is 17.6. The molecule has 45 heavy (non-hydrogen) atoms. The number of hydrogen-bond acceptors (Lipinski definition) is 9. The lowest BCUT2D eigenvalue weighted by atomic mass is 9.97. The lowest BCUT2D eigenvalue weighted by Crippen LogP contribution is -2.40. The Bertz CT molecular complexity index is 1850. The molecule has 0 radical (unpaired) electrons. The summed E-state index contributed by atoms with van der Waals surface area (Å²) in [7, 11) is -2.93. The maximum Gasteiger partial charge on any atom is 0.291 e. The SMILES string of the molecule is Cc1ccoc1C(=O)Nc1cccc(C#C[C@H]2C=NC=C(C(=O)Nc3cccc(CCCN4CCS(=O)(=O)CC4)c3O)C2=S)c1. The first-order valence-corrected chi connectivity index (χ1v) is 16.6. The summed E-state index contributed by atoms with van der Waals surface area (Å²) in [5.41, 5.74) is 3.02. The van der Waals surface area contributed by atoms with E-state index in [0.717, 1.165) is 18.5 Å². The van der Waals surface area contributed by atoms with Crippen molar-refractivity contribution >= 4 is 56.3 Å². The number of carbonyl (C=O) groups is 2. The second kappa shape index (κ2) is 14.0. The van der Waals surface area contributed by atoms with Gasteiger partial charge in [-0.1, -0.05) is 42.3 Å². The highest BCUT2D eigenvalue weighted by atomic mass is 32.2. The van der Waals surface area contributed by atoms with Gasteiger partial charge in [0.15, 0.2) is 15.6 Å². The van der Waals surface area contributed by atoms with Gasteiger partial charge in [-0.2, -0.15) is 0 Å². The largest absolute Gasteiger partial charge is 0.505 e. The highest BCUT2D eigenvalue weighted by Crippen LogP contribution is 2.29. The highest BCUT2D eigenvalue weighted by Gasteiger charge is 2.25. The van der Waals surface area contributed by atoms with E-state index in [2.05, 4.69) is 32.4 Å². The number of para-hydroxylation sites is 1. The number of aryl methyl sites for hydroxylation is 2. The molecule has 0 unspecified atom stereocenters. The van der Waals surface area contributed by atoms with Gasteiger partial charge >= 0.3 is 0 Å². The van der Waals surface area contributed by atoms with E-state index in [0.29, 0.717) is 41.2 Å². The molecule has 1 atom stereocenters. The van der Waals surface area contributed by atoms with Crippen LogP contribution in [0.3, 0.4) is 0 Å². The van der Waals surface area contributed by atoms with Crippen LogP contribution in [0, 0.1) is 24.7 Å². The average molecular weight is 645 g/mol. The Hall–Kier alpha value is -4.57. The molecule has 5 rings (SSSR count). The van der Waals surface area contributed by atoms with Gasteiger partial charge in [-0.25, -0.2) is 8.42 Å². The van der Waals surface area contributed by atoms with E-state index in [1.165, 1.54) is 12.5 Å². The van der Waals surface area contributed by atoms with Crippen LogP contribution in [0.25, 0.3) is 0 Å². The van der Waals surface area contributed by atoms with Crippen LogP contribution in [0.1, 0.15) is 33.7 Å². The minimum Gasteiger partial charge on any atom is -0.505 e. The monoisotopic (exact) mass is 644 g/mol. The highest BCUT2D eigenvalue weighted by molar-refractivity contribution is 7.91. The number of anilines is 2. The second-order valence-electron chi connectivity index (χ2n) is 10.8. The number of aromatic hydroxyl groups is 1. The Morgan fingerprint density at radius 2 is 1.89 bits per heavy atom. The number of aliphatic imine (C=N–C) groups is 1. The van der Waals surface area contributed by atoms with Crippen molar-refractivity contribution < 1.29 is 27.5 Å². The lowest BCUT2D eigenvalue weighted by molar-refractivity contribution is -0.112. The van der Waals surface area contributed by atoms with E-state index in [4.69, 9.17) is 16.6 Å². The number of nitrogens with zero attached hydrogens (tertiary/aromatic N) is 2. The number of phenolic OH excluding ortho intramolecular Hbond substituents is 1. The molecule has 1 fully saturated rings. The Morgan fingerprint density at radius 1 is 1.11 bits per heavy atom. The fourth-order valence-corrected chi connectivity index (χ4v) is 6.50. The summed E-state index contributed by atoms with van der Waals surface area (Å²) >= 11 is 5.59. The fourth-order valence-electron chi connectivity index (χ4n) is 4.96. The number of sulfone groups is 1. The number of amides is 2. The summed E-state index contributed by atoms with van der Waals surface area (Å²) in [5, 5.41) is 16.4. The third-order valence-electron chi connectivity index (χ3n) is 7.52. The van der Waals surface area contributed by atoms with Gasteiger partial charge in [0.25, 0.3) is 11.8 Å². The molecule has 0 bridgehead atoms. The molecule has 10 nitrogen and oxygen atoms in total. The van der Waals surface area contributed by atoms with Crippen molar-refractivity contribution in [1.29, 1.82) is 0 Å². The third-order valence-corrected chi connectivity index (χ3v) is 9.60. The molecule has 232 valence electrons. The number of furan rings is 1. The van der Waals surface area contributed by atoms with Gasteiger partial charge in [-0.05, 0) is 62.2 Å². The van der Waals surface area contributed by atoms with E-state index >= 15 is 0 Å². The smallest absolute Gasteiger partial charge is 0.291 e. The van der Waals surface area contributed by atoms with Crippen molar-refractivity contribution in [2.75, 3.05) is 41.8 Å². The van der Waals surface area contributed by atoms with Crippen LogP contribution in [0.5, 0.6) is 5.75 Å². The zero-order valence-corrected chi connectivity index (χ0v) is 26.2. The van der Waals surface area contributed by atoms with Crippen molar-refractivity contribution in [1.82, 2.24) is 4.90 Å². The summed E-state index contributed by atoms with van der Waals surface area (Å²) in [6.07, 6.45) is 5.70.